The van der Waals surface area contributed by atoms with Crippen molar-refractivity contribution in [3.05, 3.63) is 53.2 Å². The zero-order valence-electron chi connectivity index (χ0n) is 23.6. The highest BCUT2D eigenvalue weighted by Crippen LogP contribution is 2.38. The van der Waals surface area contributed by atoms with Crippen molar-refractivity contribution < 1.29 is 19.1 Å². The fourth-order valence-corrected chi connectivity index (χ4v) is 4.49. The molecular formula is C30H41N5O4. The molecule has 1 atom stereocenters. The average molecular weight is 536 g/mol. The first-order valence-electron chi connectivity index (χ1n) is 13.6. The Balaban J connectivity index is 1.99. The van der Waals surface area contributed by atoms with E-state index in [1.54, 1.807) is 6.07 Å². The summed E-state index contributed by atoms with van der Waals surface area (Å²) in [6.07, 6.45) is 3.71. The highest BCUT2D eigenvalue weighted by molar-refractivity contribution is 6.08. The number of carbonyl (C=O) groups excluding carboxylic acids is 2. The van der Waals surface area contributed by atoms with Crippen molar-refractivity contribution >= 4 is 34.1 Å². The highest BCUT2D eigenvalue weighted by atomic mass is 16.5. The molecule has 0 saturated carbocycles. The van der Waals surface area contributed by atoms with Gasteiger partial charge < -0.3 is 31.6 Å². The molecular weight excluding hydrogens is 494 g/mol. The summed E-state index contributed by atoms with van der Waals surface area (Å²) < 4.78 is 11.6. The minimum atomic E-state index is -0.601. The first kappa shape index (κ1) is 29.7. The smallest absolute Gasteiger partial charge is 0.252 e. The van der Waals surface area contributed by atoms with Crippen LogP contribution in [0.1, 0.15) is 68.9 Å². The molecule has 3 rings (SSSR count). The van der Waals surface area contributed by atoms with Crippen molar-refractivity contribution in [2.45, 2.75) is 66.5 Å². The molecule has 0 radical (unpaired) electrons. The summed E-state index contributed by atoms with van der Waals surface area (Å²) in [5, 5.41) is 7.10. The van der Waals surface area contributed by atoms with Gasteiger partial charge in [-0.1, -0.05) is 32.9 Å². The maximum atomic E-state index is 12.6. The maximum Gasteiger partial charge on any atom is 0.252 e. The fraction of sp³-hybridized carbons (Fsp3) is 0.433. The summed E-state index contributed by atoms with van der Waals surface area (Å²) in [5.41, 5.74) is 16.0. The topological polar surface area (TPSA) is 142 Å². The molecule has 0 saturated heterocycles. The van der Waals surface area contributed by atoms with Gasteiger partial charge in [-0.2, -0.15) is 0 Å². The van der Waals surface area contributed by atoms with E-state index in [2.05, 4.69) is 29.5 Å². The van der Waals surface area contributed by atoms with E-state index in [4.69, 9.17) is 20.9 Å². The Bertz CT molecular complexity index is 1310. The van der Waals surface area contributed by atoms with E-state index in [1.165, 1.54) is 6.20 Å². The van der Waals surface area contributed by atoms with Crippen LogP contribution >= 0.6 is 0 Å². The summed E-state index contributed by atoms with van der Waals surface area (Å²) in [5.74, 6) is 0.856. The molecule has 0 aliphatic carbocycles. The van der Waals surface area contributed by atoms with Crippen LogP contribution in [-0.4, -0.2) is 36.1 Å². The number of hydrogen-bond acceptors (Lipinski definition) is 7. The van der Waals surface area contributed by atoms with Gasteiger partial charge in [-0.05, 0) is 62.3 Å². The monoisotopic (exact) mass is 535 g/mol. The van der Waals surface area contributed by atoms with Gasteiger partial charge in [-0.3, -0.25) is 14.6 Å². The van der Waals surface area contributed by atoms with Crippen molar-refractivity contribution in [2.24, 2.45) is 17.4 Å². The third kappa shape index (κ3) is 7.38. The number of nitrogens with zero attached hydrogens (tertiary/aromatic N) is 1. The van der Waals surface area contributed by atoms with Gasteiger partial charge in [0.15, 0.2) is 11.5 Å². The Kier molecular flexibility index (Phi) is 10.5. The summed E-state index contributed by atoms with van der Waals surface area (Å²) in [4.78, 5) is 29.5. The Morgan fingerprint density at radius 2 is 1.72 bits per heavy atom. The van der Waals surface area contributed by atoms with Gasteiger partial charge in [-0.25, -0.2) is 0 Å². The summed E-state index contributed by atoms with van der Waals surface area (Å²) in [6, 6.07) is 8.91. The summed E-state index contributed by atoms with van der Waals surface area (Å²) in [6.45, 7) is 11.3. The number of carbonyl (C=O) groups is 2. The number of pyridine rings is 1. The van der Waals surface area contributed by atoms with Crippen molar-refractivity contribution in [1.82, 2.24) is 10.3 Å². The summed E-state index contributed by atoms with van der Waals surface area (Å²) >= 11 is 0. The molecule has 0 unspecified atom stereocenters. The van der Waals surface area contributed by atoms with Crippen LogP contribution in [0.4, 0.5) is 11.4 Å². The maximum absolute atomic E-state index is 12.6. The van der Waals surface area contributed by atoms with Gasteiger partial charge in [0.2, 0.25) is 5.91 Å². The second-order valence-corrected chi connectivity index (χ2v) is 9.81. The number of nitrogens with two attached hydrogens (primary N) is 2. The Morgan fingerprint density at radius 3 is 2.33 bits per heavy atom. The zero-order chi connectivity index (χ0) is 28.5. The SMILES string of the molecule is CCOc1cc2ncc(C(N)=O)c(Nc3cccc(CNC(=O)[C@H](N)CCC(C)C)c3CC)c2cc1OCC. The number of fused-ring (bicyclic) bond motifs is 1. The molecule has 1 aromatic heterocycles. The van der Waals surface area contributed by atoms with Crippen molar-refractivity contribution in [3.63, 3.8) is 0 Å². The zero-order valence-corrected chi connectivity index (χ0v) is 23.6. The first-order valence-corrected chi connectivity index (χ1v) is 13.6. The number of amides is 2. The van der Waals surface area contributed by atoms with Crippen molar-refractivity contribution in [1.29, 1.82) is 0 Å². The Morgan fingerprint density at radius 1 is 1.03 bits per heavy atom. The molecule has 210 valence electrons. The number of nitrogens with one attached hydrogen (secondary N) is 2. The number of ether oxygens (including phenoxy) is 2. The average Bonchev–Trinajstić information content (AvgIpc) is 2.91. The minimum absolute atomic E-state index is 0.166. The van der Waals surface area contributed by atoms with Crippen LogP contribution in [0.25, 0.3) is 10.9 Å². The lowest BCUT2D eigenvalue weighted by molar-refractivity contribution is -0.122. The quantitative estimate of drug-likeness (QED) is 0.232. The van der Waals surface area contributed by atoms with E-state index >= 15 is 0 Å². The van der Waals surface area contributed by atoms with E-state index in [1.807, 2.05) is 45.0 Å². The van der Waals surface area contributed by atoms with Gasteiger partial charge >= 0.3 is 0 Å². The number of hydrogen-bond donors (Lipinski definition) is 4. The molecule has 0 fully saturated rings. The molecule has 1 heterocycles. The fourth-order valence-electron chi connectivity index (χ4n) is 4.49. The molecule has 2 amide bonds. The molecule has 39 heavy (non-hydrogen) atoms. The first-order chi connectivity index (χ1) is 18.7. The summed E-state index contributed by atoms with van der Waals surface area (Å²) in [7, 11) is 0. The lowest BCUT2D eigenvalue weighted by Gasteiger charge is -2.20. The molecule has 2 aromatic carbocycles. The van der Waals surface area contributed by atoms with E-state index in [9.17, 15) is 9.59 Å². The van der Waals surface area contributed by atoms with Crippen LogP contribution in [-0.2, 0) is 17.8 Å². The van der Waals surface area contributed by atoms with E-state index in [0.29, 0.717) is 66.6 Å². The highest BCUT2D eigenvalue weighted by Gasteiger charge is 2.19. The van der Waals surface area contributed by atoms with Crippen LogP contribution in [0.3, 0.4) is 0 Å². The Hall–Kier alpha value is -3.85. The molecule has 9 nitrogen and oxygen atoms in total. The standard InChI is InChI=1S/C30H41N5O4/c1-6-20-19(16-34-30(37)23(31)13-12-18(4)5)10-9-11-24(20)35-28-21-14-26(38-7-2)27(39-8-3)15-25(21)33-17-22(28)29(32)36/h9-11,14-15,17-18,23H,6-8,12-13,16,31H2,1-5H3,(H2,32,36)(H,33,35)(H,34,37)/t23-/m1/s1. The molecule has 0 spiro atoms. The predicted octanol–water partition coefficient (Wildman–Crippen LogP) is 4.82. The molecule has 0 aliphatic heterocycles. The van der Waals surface area contributed by atoms with Crippen LogP contribution in [0.5, 0.6) is 11.5 Å². The lowest BCUT2D eigenvalue weighted by atomic mass is 10.0. The minimum Gasteiger partial charge on any atom is -0.490 e. The predicted molar refractivity (Wildman–Crippen MR) is 156 cm³/mol. The van der Waals surface area contributed by atoms with Gasteiger partial charge in [0.25, 0.3) is 5.91 Å². The molecule has 9 heteroatoms. The van der Waals surface area contributed by atoms with Crippen LogP contribution in [0, 0.1) is 5.92 Å². The Labute approximate surface area is 230 Å². The van der Waals surface area contributed by atoms with E-state index in [-0.39, 0.29) is 11.5 Å². The third-order valence-electron chi connectivity index (χ3n) is 6.53. The number of benzene rings is 2. The second kappa shape index (κ2) is 13.8. The normalized spacial score (nSPS) is 11.9. The number of aromatic nitrogens is 1. The van der Waals surface area contributed by atoms with Gasteiger partial charge in [0, 0.05) is 29.9 Å². The largest absolute Gasteiger partial charge is 0.490 e. The van der Waals surface area contributed by atoms with Gasteiger partial charge in [0.05, 0.1) is 36.0 Å². The molecule has 0 aliphatic rings. The molecule has 0 bridgehead atoms. The number of rotatable bonds is 14. The molecule has 6 N–H and O–H groups in total. The van der Waals surface area contributed by atoms with E-state index in [0.717, 1.165) is 23.2 Å². The van der Waals surface area contributed by atoms with Crippen molar-refractivity contribution in [3.8, 4) is 11.5 Å². The van der Waals surface area contributed by atoms with Gasteiger partial charge in [-0.15, -0.1) is 0 Å². The number of anilines is 2. The van der Waals surface area contributed by atoms with Crippen molar-refractivity contribution in [2.75, 3.05) is 18.5 Å². The van der Waals surface area contributed by atoms with Crippen LogP contribution in [0.15, 0.2) is 36.5 Å². The van der Waals surface area contributed by atoms with Gasteiger partial charge in [0.1, 0.15) is 0 Å². The van der Waals surface area contributed by atoms with E-state index < -0.39 is 11.9 Å². The second-order valence-electron chi connectivity index (χ2n) is 9.81. The van der Waals surface area contributed by atoms with Crippen LogP contribution in [0.2, 0.25) is 0 Å². The number of primary amides is 1. The van der Waals surface area contributed by atoms with Crippen LogP contribution < -0.4 is 31.6 Å². The third-order valence-corrected chi connectivity index (χ3v) is 6.53. The molecule has 3 aromatic rings. The lowest BCUT2D eigenvalue weighted by Crippen LogP contribution is -2.40.